The van der Waals surface area contributed by atoms with Gasteiger partial charge in [0.2, 0.25) is 0 Å². The van der Waals surface area contributed by atoms with E-state index in [9.17, 15) is 9.18 Å². The van der Waals surface area contributed by atoms with Crippen molar-refractivity contribution in [2.75, 3.05) is 26.3 Å². The SMILES string of the molecule is CCCCC(CC)COC(=O)CCSc1ccc(F)c(OCOC)c1. The molecule has 1 unspecified atom stereocenters. The molecule has 0 fully saturated rings. The fourth-order valence-corrected chi connectivity index (χ4v) is 3.10. The fraction of sp³-hybridized carbons (Fsp3) is 0.632. The van der Waals surface area contributed by atoms with Gasteiger partial charge in [-0.3, -0.25) is 4.79 Å². The standard InChI is InChI=1S/C19H29FO4S/c1-4-6-7-15(5-2)13-23-19(21)10-11-25-16-8-9-17(20)18(12-16)24-14-22-3/h8-9,12,15H,4-7,10-11,13-14H2,1-3H3. The average molecular weight is 373 g/mol. The van der Waals surface area contributed by atoms with Gasteiger partial charge in [-0.05, 0) is 30.5 Å². The molecule has 0 amide bonds. The van der Waals surface area contributed by atoms with Gasteiger partial charge in [0, 0.05) is 17.8 Å². The van der Waals surface area contributed by atoms with Crippen LogP contribution < -0.4 is 4.74 Å². The van der Waals surface area contributed by atoms with Gasteiger partial charge in [0.25, 0.3) is 0 Å². The molecule has 0 spiro atoms. The highest BCUT2D eigenvalue weighted by Crippen LogP contribution is 2.26. The van der Waals surface area contributed by atoms with Crippen LogP contribution in [0.15, 0.2) is 23.1 Å². The van der Waals surface area contributed by atoms with Gasteiger partial charge in [-0.25, -0.2) is 4.39 Å². The molecule has 0 heterocycles. The third kappa shape index (κ3) is 9.12. The monoisotopic (exact) mass is 372 g/mol. The summed E-state index contributed by atoms with van der Waals surface area (Å²) >= 11 is 1.47. The zero-order valence-electron chi connectivity index (χ0n) is 15.4. The number of halogens is 1. The molecular weight excluding hydrogens is 343 g/mol. The minimum atomic E-state index is -0.432. The van der Waals surface area contributed by atoms with Gasteiger partial charge in [-0.1, -0.05) is 33.1 Å². The first kappa shape index (κ1) is 21.8. The number of carbonyl (C=O) groups excluding carboxylic acids is 1. The molecule has 25 heavy (non-hydrogen) atoms. The Hall–Kier alpha value is -1.27. The van der Waals surface area contributed by atoms with Crippen molar-refractivity contribution in [3.05, 3.63) is 24.0 Å². The minimum Gasteiger partial charge on any atom is -0.465 e. The summed E-state index contributed by atoms with van der Waals surface area (Å²) in [5.74, 6) is 0.573. The third-order valence-corrected chi connectivity index (χ3v) is 4.83. The highest BCUT2D eigenvalue weighted by Gasteiger charge is 2.11. The highest BCUT2D eigenvalue weighted by atomic mass is 32.2. The normalized spacial score (nSPS) is 12.0. The van der Waals surface area contributed by atoms with Crippen LogP contribution in [0.1, 0.15) is 46.0 Å². The van der Waals surface area contributed by atoms with Crippen molar-refractivity contribution in [2.24, 2.45) is 5.92 Å². The van der Waals surface area contributed by atoms with Crippen LogP contribution in [0.3, 0.4) is 0 Å². The summed E-state index contributed by atoms with van der Waals surface area (Å²) < 4.78 is 28.9. The molecule has 0 radical (unpaired) electrons. The van der Waals surface area contributed by atoms with Crippen LogP contribution in [-0.4, -0.2) is 32.2 Å². The van der Waals surface area contributed by atoms with Crippen molar-refractivity contribution in [3.8, 4) is 5.75 Å². The molecule has 0 N–H and O–H groups in total. The second-order valence-corrected chi connectivity index (χ2v) is 7.01. The molecule has 0 aliphatic carbocycles. The van der Waals surface area contributed by atoms with E-state index in [1.165, 1.54) is 31.4 Å². The molecule has 0 aliphatic heterocycles. The smallest absolute Gasteiger partial charge is 0.306 e. The fourth-order valence-electron chi connectivity index (χ4n) is 2.24. The quantitative estimate of drug-likeness (QED) is 0.275. The molecular formula is C19H29FO4S. The maximum absolute atomic E-state index is 13.6. The zero-order chi connectivity index (χ0) is 18.5. The molecule has 1 aromatic carbocycles. The number of esters is 1. The van der Waals surface area contributed by atoms with E-state index < -0.39 is 5.82 Å². The second-order valence-electron chi connectivity index (χ2n) is 5.84. The Morgan fingerprint density at radius 1 is 1.32 bits per heavy atom. The van der Waals surface area contributed by atoms with E-state index in [1.54, 1.807) is 12.1 Å². The molecule has 1 aromatic rings. The first-order chi connectivity index (χ1) is 12.1. The van der Waals surface area contributed by atoms with Gasteiger partial charge in [-0.2, -0.15) is 0 Å². The van der Waals surface area contributed by atoms with Crippen molar-refractivity contribution in [3.63, 3.8) is 0 Å². The Balaban J connectivity index is 2.32. The molecule has 0 aromatic heterocycles. The van der Waals surface area contributed by atoms with Crippen molar-refractivity contribution >= 4 is 17.7 Å². The summed E-state index contributed by atoms with van der Waals surface area (Å²) in [6.07, 6.45) is 4.80. The molecule has 0 bridgehead atoms. The van der Waals surface area contributed by atoms with Gasteiger partial charge in [0.1, 0.15) is 0 Å². The first-order valence-electron chi connectivity index (χ1n) is 8.80. The van der Waals surface area contributed by atoms with Crippen molar-refractivity contribution in [2.45, 2.75) is 50.8 Å². The van der Waals surface area contributed by atoms with Crippen LogP contribution in [0.4, 0.5) is 4.39 Å². The lowest BCUT2D eigenvalue weighted by molar-refractivity contribution is -0.144. The summed E-state index contributed by atoms with van der Waals surface area (Å²) in [6, 6.07) is 4.64. The van der Waals surface area contributed by atoms with Gasteiger partial charge in [-0.15, -0.1) is 11.8 Å². The number of rotatable bonds is 13. The predicted octanol–water partition coefficient (Wildman–Crippen LogP) is 5.05. The summed E-state index contributed by atoms with van der Waals surface area (Å²) in [6.45, 7) is 4.79. The molecule has 0 saturated heterocycles. The van der Waals surface area contributed by atoms with Crippen molar-refractivity contribution < 1.29 is 23.4 Å². The van der Waals surface area contributed by atoms with Crippen LogP contribution in [0.2, 0.25) is 0 Å². The maximum atomic E-state index is 13.6. The Morgan fingerprint density at radius 3 is 2.80 bits per heavy atom. The number of benzene rings is 1. The van der Waals surface area contributed by atoms with Crippen molar-refractivity contribution in [1.82, 2.24) is 0 Å². The lowest BCUT2D eigenvalue weighted by Gasteiger charge is -2.14. The number of carbonyl (C=O) groups is 1. The topological polar surface area (TPSA) is 44.8 Å². The summed E-state index contributed by atoms with van der Waals surface area (Å²) in [7, 11) is 1.48. The van der Waals surface area contributed by atoms with E-state index >= 15 is 0 Å². The van der Waals surface area contributed by atoms with Crippen LogP contribution in [-0.2, 0) is 14.3 Å². The van der Waals surface area contributed by atoms with Gasteiger partial charge in [0.05, 0.1) is 13.0 Å². The number of hydrogen-bond donors (Lipinski definition) is 0. The van der Waals surface area contributed by atoms with Gasteiger partial charge < -0.3 is 14.2 Å². The largest absolute Gasteiger partial charge is 0.465 e. The van der Waals surface area contributed by atoms with Crippen LogP contribution in [0.5, 0.6) is 5.75 Å². The Bertz CT molecular complexity index is 510. The van der Waals surface area contributed by atoms with Gasteiger partial charge >= 0.3 is 5.97 Å². The Kier molecular flexibility index (Phi) is 11.3. The average Bonchev–Trinajstić information content (AvgIpc) is 2.62. The van der Waals surface area contributed by atoms with Crippen LogP contribution in [0, 0.1) is 11.7 Å². The zero-order valence-corrected chi connectivity index (χ0v) is 16.2. The number of unbranched alkanes of at least 4 members (excludes halogenated alkanes) is 1. The Labute approximate surface area is 154 Å². The molecule has 1 atom stereocenters. The predicted molar refractivity (Wildman–Crippen MR) is 98.5 cm³/mol. The van der Waals surface area contributed by atoms with E-state index in [1.807, 2.05) is 0 Å². The number of ether oxygens (including phenoxy) is 3. The van der Waals surface area contributed by atoms with Crippen LogP contribution in [0.25, 0.3) is 0 Å². The van der Waals surface area contributed by atoms with E-state index in [4.69, 9.17) is 14.2 Å². The number of thioether (sulfide) groups is 1. The molecule has 4 nitrogen and oxygen atoms in total. The van der Waals surface area contributed by atoms with E-state index in [0.29, 0.717) is 24.7 Å². The molecule has 6 heteroatoms. The number of methoxy groups -OCH3 is 1. The molecule has 0 saturated carbocycles. The molecule has 0 aliphatic rings. The summed E-state index contributed by atoms with van der Waals surface area (Å²) in [4.78, 5) is 12.7. The van der Waals surface area contributed by atoms with E-state index in [-0.39, 0.29) is 18.5 Å². The lowest BCUT2D eigenvalue weighted by atomic mass is 10.0. The molecule has 1 rings (SSSR count). The van der Waals surface area contributed by atoms with Crippen LogP contribution >= 0.6 is 11.8 Å². The highest BCUT2D eigenvalue weighted by molar-refractivity contribution is 7.99. The van der Waals surface area contributed by atoms with E-state index in [2.05, 4.69) is 13.8 Å². The summed E-state index contributed by atoms with van der Waals surface area (Å²) in [5.41, 5.74) is 0. The van der Waals surface area contributed by atoms with Crippen molar-refractivity contribution in [1.29, 1.82) is 0 Å². The summed E-state index contributed by atoms with van der Waals surface area (Å²) in [5, 5.41) is 0. The third-order valence-electron chi connectivity index (χ3n) is 3.83. The first-order valence-corrected chi connectivity index (χ1v) is 9.78. The molecule has 142 valence electrons. The van der Waals surface area contributed by atoms with Gasteiger partial charge in [0.15, 0.2) is 18.4 Å². The van der Waals surface area contributed by atoms with E-state index in [0.717, 1.165) is 24.2 Å². The number of hydrogen-bond acceptors (Lipinski definition) is 5. The second kappa shape index (κ2) is 13.0. The maximum Gasteiger partial charge on any atom is 0.306 e. The Morgan fingerprint density at radius 2 is 2.12 bits per heavy atom. The lowest BCUT2D eigenvalue weighted by Crippen LogP contribution is -2.14. The minimum absolute atomic E-state index is 0.00596.